The Morgan fingerprint density at radius 2 is 1.00 bits per heavy atom. The molecule has 0 aliphatic rings. The van der Waals surface area contributed by atoms with E-state index >= 15 is 0 Å². The first kappa shape index (κ1) is 23.8. The highest BCUT2D eigenvalue weighted by atomic mass is 31.2. The molecule has 178 valence electrons. The van der Waals surface area contributed by atoms with Gasteiger partial charge in [-0.25, -0.2) is 4.99 Å². The second-order valence-electron chi connectivity index (χ2n) is 8.12. The van der Waals surface area contributed by atoms with Crippen molar-refractivity contribution in [2.45, 2.75) is 6.18 Å². The quantitative estimate of drug-likeness (QED) is 0.140. The standard InChI is InChI=1S/C30H22F3NOP/c31-30(32,33)29(34-28-22-12-14-23-13-10-11-21-27(23)28)35-36(24-15-4-1-5-16-24,25-17-6-2-7-18-25)26-19-8-3-9-20-26/h1-22H/q+1. The second-order valence-corrected chi connectivity index (χ2v) is 11.1. The molecule has 5 aromatic rings. The van der Waals surface area contributed by atoms with Crippen LogP contribution in [0.25, 0.3) is 10.8 Å². The van der Waals surface area contributed by atoms with Crippen LogP contribution < -0.4 is 15.9 Å². The zero-order chi connectivity index (χ0) is 25.0. The third kappa shape index (κ3) is 4.62. The van der Waals surface area contributed by atoms with E-state index in [2.05, 4.69) is 4.99 Å². The molecule has 5 rings (SSSR count). The number of nitrogens with zero attached hydrogens (tertiary/aromatic N) is 1. The molecule has 0 unspecified atom stereocenters. The Balaban J connectivity index is 1.79. The van der Waals surface area contributed by atoms with Crippen LogP contribution in [0.1, 0.15) is 0 Å². The Labute approximate surface area is 208 Å². The average molecular weight is 500 g/mol. The van der Waals surface area contributed by atoms with Gasteiger partial charge in [0.2, 0.25) is 0 Å². The van der Waals surface area contributed by atoms with Crippen molar-refractivity contribution in [1.82, 2.24) is 0 Å². The minimum atomic E-state index is -4.82. The minimum Gasteiger partial charge on any atom is -0.309 e. The lowest BCUT2D eigenvalue weighted by Gasteiger charge is -2.27. The van der Waals surface area contributed by atoms with Crippen molar-refractivity contribution in [3.63, 3.8) is 0 Å². The van der Waals surface area contributed by atoms with Crippen molar-refractivity contribution in [3.8, 4) is 0 Å². The fourth-order valence-corrected chi connectivity index (χ4v) is 7.59. The van der Waals surface area contributed by atoms with E-state index in [1.54, 1.807) is 24.3 Å². The van der Waals surface area contributed by atoms with Gasteiger partial charge in [0, 0.05) is 5.39 Å². The van der Waals surface area contributed by atoms with Gasteiger partial charge in [-0.15, -0.1) is 0 Å². The van der Waals surface area contributed by atoms with E-state index in [0.717, 1.165) is 5.39 Å². The van der Waals surface area contributed by atoms with Crippen LogP contribution in [0.15, 0.2) is 138 Å². The smallest absolute Gasteiger partial charge is 0.309 e. The van der Waals surface area contributed by atoms with Crippen molar-refractivity contribution in [1.29, 1.82) is 0 Å². The van der Waals surface area contributed by atoms with Crippen LogP contribution in [0.4, 0.5) is 18.9 Å². The monoisotopic (exact) mass is 500 g/mol. The molecular weight excluding hydrogens is 478 g/mol. The summed E-state index contributed by atoms with van der Waals surface area (Å²) in [5.41, 5.74) is 0.202. The van der Waals surface area contributed by atoms with Crippen LogP contribution in [-0.4, -0.2) is 12.1 Å². The van der Waals surface area contributed by atoms with Crippen molar-refractivity contribution in [2.75, 3.05) is 0 Å². The van der Waals surface area contributed by atoms with Crippen LogP contribution >= 0.6 is 7.49 Å². The van der Waals surface area contributed by atoms with Gasteiger partial charge in [-0.1, -0.05) is 91.0 Å². The first-order valence-electron chi connectivity index (χ1n) is 11.4. The lowest BCUT2D eigenvalue weighted by Crippen LogP contribution is -2.38. The maximum Gasteiger partial charge on any atom is 0.473 e. The Bertz CT molecular complexity index is 1390. The molecule has 0 N–H and O–H groups in total. The van der Waals surface area contributed by atoms with E-state index in [-0.39, 0.29) is 5.69 Å². The topological polar surface area (TPSA) is 21.6 Å². The van der Waals surface area contributed by atoms with Crippen molar-refractivity contribution in [2.24, 2.45) is 4.99 Å². The van der Waals surface area contributed by atoms with Gasteiger partial charge in [-0.3, -0.25) is 0 Å². The lowest BCUT2D eigenvalue weighted by molar-refractivity contribution is -0.0703. The third-order valence-corrected chi connectivity index (χ3v) is 9.34. The zero-order valence-corrected chi connectivity index (χ0v) is 20.0. The molecule has 6 heteroatoms. The highest BCUT2D eigenvalue weighted by molar-refractivity contribution is 7.92. The summed E-state index contributed by atoms with van der Waals surface area (Å²) in [6.07, 6.45) is -4.82. The molecule has 0 saturated carbocycles. The number of aliphatic imine (C=N–C) groups is 1. The number of alkyl halides is 3. The first-order valence-corrected chi connectivity index (χ1v) is 13.1. The molecule has 0 amide bonds. The summed E-state index contributed by atoms with van der Waals surface area (Å²) < 4.78 is 50.2. The van der Waals surface area contributed by atoms with Crippen molar-refractivity contribution < 1.29 is 17.7 Å². The predicted molar refractivity (Wildman–Crippen MR) is 143 cm³/mol. The maximum atomic E-state index is 14.6. The van der Waals surface area contributed by atoms with Gasteiger partial charge < -0.3 is 4.52 Å². The van der Waals surface area contributed by atoms with Gasteiger partial charge in [-0.2, -0.15) is 13.2 Å². The summed E-state index contributed by atoms with van der Waals surface area (Å²) in [6.45, 7) is 0. The molecule has 5 aromatic carbocycles. The Kier molecular flexibility index (Phi) is 6.58. The number of hydrogen-bond donors (Lipinski definition) is 0. The van der Waals surface area contributed by atoms with Crippen molar-refractivity contribution >= 4 is 45.8 Å². The van der Waals surface area contributed by atoms with Crippen molar-refractivity contribution in [3.05, 3.63) is 133 Å². The lowest BCUT2D eigenvalue weighted by atomic mass is 10.1. The van der Waals surface area contributed by atoms with Gasteiger partial charge in [0.25, 0.3) is 7.49 Å². The summed E-state index contributed by atoms with van der Waals surface area (Å²) in [5.74, 6) is -1.27. The normalized spacial score (nSPS) is 12.5. The Hall–Kier alpha value is -3.95. The number of halogens is 3. The first-order chi connectivity index (χ1) is 17.5. The van der Waals surface area contributed by atoms with Crippen LogP contribution in [-0.2, 0) is 4.52 Å². The average Bonchev–Trinajstić information content (AvgIpc) is 2.92. The fourth-order valence-electron chi connectivity index (χ4n) is 4.20. The Morgan fingerprint density at radius 1 is 0.556 bits per heavy atom. The van der Waals surface area contributed by atoms with E-state index in [1.165, 1.54) is 0 Å². The zero-order valence-electron chi connectivity index (χ0n) is 19.1. The molecule has 0 atom stereocenters. The van der Waals surface area contributed by atoms with Crippen LogP contribution in [0, 0.1) is 0 Å². The molecule has 0 aromatic heterocycles. The molecule has 0 radical (unpaired) electrons. The molecule has 0 heterocycles. The summed E-state index contributed by atoms with van der Waals surface area (Å²) >= 11 is 0. The van der Waals surface area contributed by atoms with E-state index in [1.807, 2.05) is 109 Å². The SMILES string of the molecule is FC(F)(F)C(=Nc1cccc2ccccc12)O[P+](c1ccccc1)(c1ccccc1)c1ccccc1. The highest BCUT2D eigenvalue weighted by Crippen LogP contribution is 2.57. The predicted octanol–water partition coefficient (Wildman–Crippen LogP) is 7.36. The van der Waals surface area contributed by atoms with Gasteiger partial charge in [0.15, 0.2) is 0 Å². The summed E-state index contributed by atoms with van der Waals surface area (Å²) in [7, 11) is -3.25. The summed E-state index contributed by atoms with van der Waals surface area (Å²) in [5, 5.41) is 3.41. The summed E-state index contributed by atoms with van der Waals surface area (Å²) in [4.78, 5) is 4.12. The molecule has 0 fully saturated rings. The third-order valence-electron chi connectivity index (χ3n) is 5.81. The fraction of sp³-hybridized carbons (Fsp3) is 0.0333. The molecule has 2 nitrogen and oxygen atoms in total. The molecule has 0 saturated heterocycles. The molecule has 0 bridgehead atoms. The van der Waals surface area contributed by atoms with E-state index < -0.39 is 19.6 Å². The molecule has 0 aliphatic heterocycles. The van der Waals surface area contributed by atoms with Gasteiger partial charge in [0.05, 0.1) is 5.69 Å². The molecule has 36 heavy (non-hydrogen) atoms. The van der Waals surface area contributed by atoms with E-state index in [4.69, 9.17) is 4.52 Å². The van der Waals surface area contributed by atoms with Crippen LogP contribution in [0.5, 0.6) is 0 Å². The minimum absolute atomic E-state index is 0.202. The second kappa shape index (κ2) is 9.96. The highest BCUT2D eigenvalue weighted by Gasteiger charge is 2.55. The Morgan fingerprint density at radius 3 is 1.50 bits per heavy atom. The van der Waals surface area contributed by atoms with Crippen LogP contribution in [0.2, 0.25) is 0 Å². The number of rotatable bonds is 5. The molecule has 0 aliphatic carbocycles. The number of benzene rings is 5. The molecule has 0 spiro atoms. The van der Waals surface area contributed by atoms with Crippen LogP contribution in [0.3, 0.4) is 0 Å². The van der Waals surface area contributed by atoms with E-state index in [0.29, 0.717) is 21.3 Å². The van der Waals surface area contributed by atoms with Gasteiger partial charge >= 0.3 is 12.1 Å². The summed E-state index contributed by atoms with van der Waals surface area (Å²) in [6, 6.07) is 39.7. The maximum absolute atomic E-state index is 14.6. The van der Waals surface area contributed by atoms with Gasteiger partial charge in [-0.05, 0) is 47.9 Å². The number of fused-ring (bicyclic) bond motifs is 1. The molecular formula is C30H22F3NOP+. The van der Waals surface area contributed by atoms with E-state index in [9.17, 15) is 13.2 Å². The van der Waals surface area contributed by atoms with Gasteiger partial charge in [0.1, 0.15) is 15.9 Å². The largest absolute Gasteiger partial charge is 0.473 e. The number of hydrogen-bond acceptors (Lipinski definition) is 2.